The molecule has 4 heterocycles. The van der Waals surface area contributed by atoms with Crippen molar-refractivity contribution >= 4 is 28.7 Å². The van der Waals surface area contributed by atoms with Crippen molar-refractivity contribution in [3.8, 4) is 11.3 Å². The van der Waals surface area contributed by atoms with Crippen molar-refractivity contribution in [3.63, 3.8) is 0 Å². The lowest BCUT2D eigenvalue weighted by Crippen LogP contribution is -2.46. The number of amides is 1. The molecule has 1 fully saturated rings. The molecule has 182 valence electrons. The van der Waals surface area contributed by atoms with Gasteiger partial charge in [-0.15, -0.1) is 0 Å². The van der Waals surface area contributed by atoms with E-state index in [1.807, 2.05) is 20.2 Å². The van der Waals surface area contributed by atoms with Gasteiger partial charge in [-0.3, -0.25) is 14.6 Å². The van der Waals surface area contributed by atoms with Crippen molar-refractivity contribution < 1.29 is 28.2 Å². The molecule has 10 nitrogen and oxygen atoms in total. The monoisotopic (exact) mass is 470 g/mol. The SMILES string of the molecule is CCOC(=O)c1oc2cnc(-c3cnn(C)c3)cc2c1N(C(=O)OCC)C1CCO[C@@H](CC)C1. The summed E-state index contributed by atoms with van der Waals surface area (Å²) < 4.78 is 24.1. The minimum Gasteiger partial charge on any atom is -0.460 e. The van der Waals surface area contributed by atoms with Crippen molar-refractivity contribution in [2.45, 2.75) is 52.2 Å². The Morgan fingerprint density at radius 1 is 1.21 bits per heavy atom. The highest BCUT2D eigenvalue weighted by Gasteiger charge is 2.37. The number of carbonyl (C=O) groups is 2. The highest BCUT2D eigenvalue weighted by atomic mass is 16.6. The zero-order chi connectivity index (χ0) is 24.2. The number of esters is 1. The van der Waals surface area contributed by atoms with E-state index in [4.69, 9.17) is 18.6 Å². The van der Waals surface area contributed by atoms with Gasteiger partial charge in [-0.05, 0) is 39.2 Å². The molecule has 2 atom stereocenters. The van der Waals surface area contributed by atoms with Crippen molar-refractivity contribution in [3.05, 3.63) is 30.4 Å². The average Bonchev–Trinajstić information content (AvgIpc) is 3.43. The molecule has 1 aliphatic rings. The van der Waals surface area contributed by atoms with Gasteiger partial charge >= 0.3 is 12.1 Å². The maximum Gasteiger partial charge on any atom is 0.414 e. The summed E-state index contributed by atoms with van der Waals surface area (Å²) >= 11 is 0. The Morgan fingerprint density at radius 3 is 2.68 bits per heavy atom. The van der Waals surface area contributed by atoms with Crippen LogP contribution < -0.4 is 4.90 Å². The van der Waals surface area contributed by atoms with Crippen LogP contribution in [-0.2, 0) is 21.3 Å². The van der Waals surface area contributed by atoms with E-state index < -0.39 is 12.1 Å². The van der Waals surface area contributed by atoms with E-state index in [2.05, 4.69) is 10.1 Å². The summed E-state index contributed by atoms with van der Waals surface area (Å²) in [5.74, 6) is -0.695. The van der Waals surface area contributed by atoms with Crippen LogP contribution in [0.1, 0.15) is 50.6 Å². The molecule has 0 aromatic carbocycles. The lowest BCUT2D eigenvalue weighted by atomic mass is 9.99. The number of carbonyl (C=O) groups excluding carboxylic acids is 2. The van der Waals surface area contributed by atoms with E-state index in [1.54, 1.807) is 41.9 Å². The number of anilines is 1. The number of hydrogen-bond donors (Lipinski definition) is 0. The quantitative estimate of drug-likeness (QED) is 0.470. The first kappa shape index (κ1) is 23.7. The van der Waals surface area contributed by atoms with Crippen LogP contribution in [0, 0.1) is 0 Å². The molecule has 0 aliphatic carbocycles. The molecule has 1 amide bonds. The molecule has 0 radical (unpaired) electrons. The second-order valence-electron chi connectivity index (χ2n) is 8.12. The second kappa shape index (κ2) is 10.3. The molecule has 1 unspecified atom stereocenters. The molecule has 10 heteroatoms. The fourth-order valence-corrected chi connectivity index (χ4v) is 4.27. The van der Waals surface area contributed by atoms with E-state index in [-0.39, 0.29) is 31.1 Å². The number of pyridine rings is 1. The van der Waals surface area contributed by atoms with Crippen LogP contribution >= 0.6 is 0 Å². The van der Waals surface area contributed by atoms with Gasteiger partial charge < -0.3 is 18.6 Å². The van der Waals surface area contributed by atoms with E-state index in [0.29, 0.717) is 41.8 Å². The third kappa shape index (κ3) is 4.63. The highest BCUT2D eigenvalue weighted by Crippen LogP contribution is 2.39. The maximum atomic E-state index is 13.3. The van der Waals surface area contributed by atoms with Crippen LogP contribution in [0.5, 0.6) is 0 Å². The summed E-state index contributed by atoms with van der Waals surface area (Å²) in [6.07, 6.45) is 6.59. The van der Waals surface area contributed by atoms with Gasteiger partial charge in [0, 0.05) is 36.8 Å². The van der Waals surface area contributed by atoms with Crippen LogP contribution in [0.15, 0.2) is 29.1 Å². The molecule has 3 aromatic heterocycles. The molecule has 0 saturated carbocycles. The van der Waals surface area contributed by atoms with Crippen LogP contribution in [-0.4, -0.2) is 58.8 Å². The lowest BCUT2D eigenvalue weighted by molar-refractivity contribution is 0.00465. The summed E-state index contributed by atoms with van der Waals surface area (Å²) in [7, 11) is 1.82. The van der Waals surface area contributed by atoms with Gasteiger partial charge in [-0.25, -0.2) is 9.59 Å². The fraction of sp³-hybridized carbons (Fsp3) is 0.500. The summed E-state index contributed by atoms with van der Waals surface area (Å²) in [5.41, 5.74) is 2.15. The molecule has 34 heavy (non-hydrogen) atoms. The Bertz CT molecular complexity index is 1170. The molecular formula is C24H30N4O6. The summed E-state index contributed by atoms with van der Waals surface area (Å²) in [5, 5.41) is 4.79. The van der Waals surface area contributed by atoms with Crippen LogP contribution in [0.4, 0.5) is 10.5 Å². The van der Waals surface area contributed by atoms with Gasteiger partial charge in [0.05, 0.1) is 37.4 Å². The second-order valence-corrected chi connectivity index (χ2v) is 8.12. The molecule has 0 bridgehead atoms. The minimum atomic E-state index is -0.648. The fourth-order valence-electron chi connectivity index (χ4n) is 4.27. The molecule has 0 spiro atoms. The normalized spacial score (nSPS) is 18.1. The van der Waals surface area contributed by atoms with Crippen LogP contribution in [0.3, 0.4) is 0 Å². The van der Waals surface area contributed by atoms with Gasteiger partial charge in [-0.1, -0.05) is 6.92 Å². The van der Waals surface area contributed by atoms with Crippen LogP contribution in [0.2, 0.25) is 0 Å². The zero-order valence-corrected chi connectivity index (χ0v) is 19.9. The molecular weight excluding hydrogens is 440 g/mol. The third-order valence-electron chi connectivity index (χ3n) is 5.88. The predicted octanol–water partition coefficient (Wildman–Crippen LogP) is 4.33. The van der Waals surface area contributed by atoms with Gasteiger partial charge in [-0.2, -0.15) is 5.10 Å². The first-order chi connectivity index (χ1) is 16.5. The smallest absolute Gasteiger partial charge is 0.414 e. The molecule has 4 rings (SSSR count). The summed E-state index contributed by atoms with van der Waals surface area (Å²) in [4.78, 5) is 32.3. The number of fused-ring (bicyclic) bond motifs is 1. The number of aromatic nitrogens is 3. The highest BCUT2D eigenvalue weighted by molar-refractivity contribution is 6.10. The number of furan rings is 1. The Labute approximate surface area is 197 Å². The van der Waals surface area contributed by atoms with Gasteiger partial charge in [0.15, 0.2) is 5.58 Å². The first-order valence-corrected chi connectivity index (χ1v) is 11.6. The number of rotatable bonds is 7. The van der Waals surface area contributed by atoms with Gasteiger partial charge in [0.25, 0.3) is 0 Å². The lowest BCUT2D eigenvalue weighted by Gasteiger charge is -2.36. The summed E-state index contributed by atoms with van der Waals surface area (Å²) in [6.45, 7) is 6.39. The number of ether oxygens (including phenoxy) is 3. The first-order valence-electron chi connectivity index (χ1n) is 11.6. The van der Waals surface area contributed by atoms with Gasteiger partial charge in [0.2, 0.25) is 5.76 Å². The van der Waals surface area contributed by atoms with Gasteiger partial charge in [0.1, 0.15) is 5.69 Å². The van der Waals surface area contributed by atoms with Crippen molar-refractivity contribution in [2.75, 3.05) is 24.7 Å². The molecule has 0 N–H and O–H groups in total. The topological polar surface area (TPSA) is 109 Å². The standard InChI is InChI=1S/C24H30N4O6/c1-5-17-10-16(8-9-33-17)28(24(30)32-7-3)21-18-11-19(15-12-26-27(4)14-15)25-13-20(18)34-22(21)23(29)31-6-2/h11-14,16-17H,5-10H2,1-4H3/t16?,17-/m0/s1. The Hall–Kier alpha value is -3.40. The Morgan fingerprint density at radius 2 is 2.00 bits per heavy atom. The van der Waals surface area contributed by atoms with Crippen molar-refractivity contribution in [1.82, 2.24) is 14.8 Å². The summed E-state index contributed by atoms with van der Waals surface area (Å²) in [6, 6.07) is 1.57. The maximum absolute atomic E-state index is 13.3. The minimum absolute atomic E-state index is 0.00695. The van der Waals surface area contributed by atoms with Crippen molar-refractivity contribution in [2.24, 2.45) is 7.05 Å². The third-order valence-corrected chi connectivity index (χ3v) is 5.88. The Kier molecular flexibility index (Phi) is 7.16. The van der Waals surface area contributed by atoms with E-state index >= 15 is 0 Å². The predicted molar refractivity (Wildman–Crippen MR) is 125 cm³/mol. The average molecular weight is 471 g/mol. The van der Waals surface area contributed by atoms with E-state index in [0.717, 1.165) is 12.0 Å². The largest absolute Gasteiger partial charge is 0.460 e. The Balaban J connectivity index is 1.90. The van der Waals surface area contributed by atoms with E-state index in [9.17, 15) is 9.59 Å². The van der Waals surface area contributed by atoms with E-state index in [1.165, 1.54) is 0 Å². The zero-order valence-electron chi connectivity index (χ0n) is 19.9. The van der Waals surface area contributed by atoms with Crippen LogP contribution in [0.25, 0.3) is 22.2 Å². The number of hydrogen-bond acceptors (Lipinski definition) is 8. The van der Waals surface area contributed by atoms with Crippen molar-refractivity contribution in [1.29, 1.82) is 0 Å². The number of aryl methyl sites for hydroxylation is 1. The molecule has 1 aliphatic heterocycles. The molecule has 1 saturated heterocycles. The number of nitrogens with zero attached hydrogens (tertiary/aromatic N) is 4. The molecule has 3 aromatic rings.